The van der Waals surface area contributed by atoms with Crippen LogP contribution in [0.3, 0.4) is 0 Å². The highest BCUT2D eigenvalue weighted by Crippen LogP contribution is 2.24. The minimum Gasteiger partial charge on any atom is -0.297 e. The zero-order valence-corrected chi connectivity index (χ0v) is 10.7. The van der Waals surface area contributed by atoms with Gasteiger partial charge in [0, 0.05) is 30.3 Å². The molecule has 0 N–H and O–H groups in total. The summed E-state index contributed by atoms with van der Waals surface area (Å²) in [7, 11) is 0. The third-order valence-electron chi connectivity index (χ3n) is 3.33. The molecule has 1 aromatic heterocycles. The number of halogens is 1. The molecule has 15 heavy (non-hydrogen) atoms. The first-order valence-corrected chi connectivity index (χ1v) is 6.71. The molecule has 1 aliphatic heterocycles. The lowest BCUT2D eigenvalue weighted by Gasteiger charge is -2.24. The van der Waals surface area contributed by atoms with E-state index < -0.39 is 0 Å². The van der Waals surface area contributed by atoms with Crippen LogP contribution in [0.2, 0.25) is 0 Å². The molecule has 0 spiro atoms. The van der Waals surface area contributed by atoms with Gasteiger partial charge in [-0.15, -0.1) is 0 Å². The standard InChI is InChI=1S/C11H18BrN3/c1-10-3-6-14(11(10)9-12)7-8-15-5-2-4-13-15/h2,4-5,10-11H,3,6-9H2,1H3. The molecule has 0 aliphatic carbocycles. The van der Waals surface area contributed by atoms with Crippen LogP contribution < -0.4 is 0 Å². The van der Waals surface area contributed by atoms with Gasteiger partial charge in [0.2, 0.25) is 0 Å². The second-order valence-corrected chi connectivity index (χ2v) is 4.94. The molecule has 2 unspecified atom stereocenters. The van der Waals surface area contributed by atoms with Crippen LogP contribution in [0.1, 0.15) is 13.3 Å². The summed E-state index contributed by atoms with van der Waals surface area (Å²) in [6.45, 7) is 5.70. The Balaban J connectivity index is 1.84. The Morgan fingerprint density at radius 2 is 2.33 bits per heavy atom. The summed E-state index contributed by atoms with van der Waals surface area (Å²) in [5.41, 5.74) is 0. The normalized spacial score (nSPS) is 27.3. The van der Waals surface area contributed by atoms with Crippen molar-refractivity contribution in [2.75, 3.05) is 18.4 Å². The van der Waals surface area contributed by atoms with Crippen molar-refractivity contribution in [3.05, 3.63) is 18.5 Å². The molecule has 0 radical (unpaired) electrons. The second-order valence-electron chi connectivity index (χ2n) is 4.29. The topological polar surface area (TPSA) is 21.1 Å². The average molecular weight is 272 g/mol. The molecule has 2 atom stereocenters. The SMILES string of the molecule is CC1CCN(CCn2cccn2)C1CBr. The first-order valence-electron chi connectivity index (χ1n) is 5.58. The number of hydrogen-bond donors (Lipinski definition) is 0. The summed E-state index contributed by atoms with van der Waals surface area (Å²) in [6, 6.07) is 2.69. The Bertz CT molecular complexity index is 286. The van der Waals surface area contributed by atoms with Crippen molar-refractivity contribution < 1.29 is 0 Å². The van der Waals surface area contributed by atoms with Gasteiger partial charge in [0.15, 0.2) is 0 Å². The van der Waals surface area contributed by atoms with Gasteiger partial charge in [-0.05, 0) is 24.9 Å². The summed E-state index contributed by atoms with van der Waals surface area (Å²) >= 11 is 3.61. The number of rotatable bonds is 4. The van der Waals surface area contributed by atoms with E-state index in [2.05, 4.69) is 32.9 Å². The van der Waals surface area contributed by atoms with Crippen molar-refractivity contribution >= 4 is 15.9 Å². The van der Waals surface area contributed by atoms with Crippen LogP contribution in [0.5, 0.6) is 0 Å². The number of nitrogens with zero attached hydrogens (tertiary/aromatic N) is 3. The molecule has 4 heteroatoms. The van der Waals surface area contributed by atoms with E-state index in [1.807, 2.05) is 23.1 Å². The van der Waals surface area contributed by atoms with Crippen molar-refractivity contribution in [3.8, 4) is 0 Å². The molecule has 0 saturated carbocycles. The van der Waals surface area contributed by atoms with Crippen LogP contribution in [-0.4, -0.2) is 39.1 Å². The van der Waals surface area contributed by atoms with E-state index in [1.165, 1.54) is 13.0 Å². The van der Waals surface area contributed by atoms with Crippen molar-refractivity contribution in [2.45, 2.75) is 25.9 Å². The first kappa shape index (κ1) is 11.1. The van der Waals surface area contributed by atoms with Gasteiger partial charge >= 0.3 is 0 Å². The van der Waals surface area contributed by atoms with Crippen LogP contribution in [-0.2, 0) is 6.54 Å². The Hall–Kier alpha value is -0.350. The smallest absolute Gasteiger partial charge is 0.0536 e. The second kappa shape index (κ2) is 5.12. The van der Waals surface area contributed by atoms with Crippen LogP contribution in [0.4, 0.5) is 0 Å². The summed E-state index contributed by atoms with van der Waals surface area (Å²) in [5.74, 6) is 0.821. The highest BCUT2D eigenvalue weighted by molar-refractivity contribution is 9.09. The lowest BCUT2D eigenvalue weighted by molar-refractivity contribution is 0.239. The lowest BCUT2D eigenvalue weighted by atomic mass is 10.1. The van der Waals surface area contributed by atoms with Crippen molar-refractivity contribution in [1.29, 1.82) is 0 Å². The summed E-state index contributed by atoms with van der Waals surface area (Å²) in [5, 5.41) is 5.32. The third kappa shape index (κ3) is 2.61. The van der Waals surface area contributed by atoms with Gasteiger partial charge in [0.05, 0.1) is 6.54 Å². The largest absolute Gasteiger partial charge is 0.297 e. The van der Waals surface area contributed by atoms with Crippen molar-refractivity contribution in [1.82, 2.24) is 14.7 Å². The number of likely N-dealkylation sites (tertiary alicyclic amines) is 1. The minimum atomic E-state index is 0.709. The fourth-order valence-corrected chi connectivity index (χ4v) is 3.33. The molecular weight excluding hydrogens is 254 g/mol. The zero-order chi connectivity index (χ0) is 10.7. The van der Waals surface area contributed by atoms with E-state index in [9.17, 15) is 0 Å². The van der Waals surface area contributed by atoms with E-state index in [4.69, 9.17) is 0 Å². The molecule has 84 valence electrons. The van der Waals surface area contributed by atoms with E-state index >= 15 is 0 Å². The fraction of sp³-hybridized carbons (Fsp3) is 0.727. The molecule has 3 nitrogen and oxygen atoms in total. The molecule has 2 rings (SSSR count). The zero-order valence-electron chi connectivity index (χ0n) is 9.14. The Morgan fingerprint density at radius 3 is 3.00 bits per heavy atom. The molecule has 1 aliphatic rings. The molecule has 1 fully saturated rings. The maximum atomic E-state index is 4.23. The average Bonchev–Trinajstić information content (AvgIpc) is 2.84. The quantitative estimate of drug-likeness (QED) is 0.782. The molecule has 0 bridgehead atoms. The summed E-state index contributed by atoms with van der Waals surface area (Å²) < 4.78 is 2.01. The molecule has 0 aromatic carbocycles. The van der Waals surface area contributed by atoms with E-state index in [-0.39, 0.29) is 0 Å². The molecule has 0 amide bonds. The predicted octanol–water partition coefficient (Wildman–Crippen LogP) is 1.99. The number of hydrogen-bond acceptors (Lipinski definition) is 2. The van der Waals surface area contributed by atoms with E-state index in [0.29, 0.717) is 6.04 Å². The first-order chi connectivity index (χ1) is 7.31. The predicted molar refractivity (Wildman–Crippen MR) is 65.2 cm³/mol. The molecular formula is C11H18BrN3. The van der Waals surface area contributed by atoms with E-state index in [0.717, 1.165) is 24.3 Å². The van der Waals surface area contributed by atoms with Gasteiger partial charge in [-0.25, -0.2) is 0 Å². The molecule has 1 aromatic rings. The van der Waals surface area contributed by atoms with Gasteiger partial charge < -0.3 is 0 Å². The van der Waals surface area contributed by atoms with Crippen LogP contribution >= 0.6 is 15.9 Å². The molecule has 1 saturated heterocycles. The van der Waals surface area contributed by atoms with Crippen LogP contribution in [0.15, 0.2) is 18.5 Å². The Kier molecular flexibility index (Phi) is 3.81. The molecule has 2 heterocycles. The Morgan fingerprint density at radius 1 is 1.47 bits per heavy atom. The summed E-state index contributed by atoms with van der Waals surface area (Å²) in [6.07, 6.45) is 5.20. The third-order valence-corrected chi connectivity index (χ3v) is 3.99. The van der Waals surface area contributed by atoms with Crippen molar-refractivity contribution in [2.24, 2.45) is 5.92 Å². The Labute approximate surface area is 99.6 Å². The monoisotopic (exact) mass is 271 g/mol. The maximum absolute atomic E-state index is 4.23. The highest BCUT2D eigenvalue weighted by Gasteiger charge is 2.29. The lowest BCUT2D eigenvalue weighted by Crippen LogP contribution is -2.35. The summed E-state index contributed by atoms with van der Waals surface area (Å²) in [4.78, 5) is 2.57. The number of aromatic nitrogens is 2. The van der Waals surface area contributed by atoms with Gasteiger partial charge in [0.1, 0.15) is 0 Å². The van der Waals surface area contributed by atoms with Crippen molar-refractivity contribution in [3.63, 3.8) is 0 Å². The fourth-order valence-electron chi connectivity index (χ4n) is 2.28. The van der Waals surface area contributed by atoms with Gasteiger partial charge in [-0.2, -0.15) is 5.10 Å². The van der Waals surface area contributed by atoms with Crippen LogP contribution in [0.25, 0.3) is 0 Å². The minimum absolute atomic E-state index is 0.709. The van der Waals surface area contributed by atoms with E-state index in [1.54, 1.807) is 0 Å². The van der Waals surface area contributed by atoms with Gasteiger partial charge in [-0.3, -0.25) is 9.58 Å². The number of alkyl halides is 1. The van der Waals surface area contributed by atoms with Gasteiger partial charge in [-0.1, -0.05) is 22.9 Å². The van der Waals surface area contributed by atoms with Crippen LogP contribution in [0, 0.1) is 5.92 Å². The highest BCUT2D eigenvalue weighted by atomic mass is 79.9. The maximum Gasteiger partial charge on any atom is 0.0536 e. The van der Waals surface area contributed by atoms with Gasteiger partial charge in [0.25, 0.3) is 0 Å².